The van der Waals surface area contributed by atoms with Crippen molar-refractivity contribution in [1.29, 1.82) is 0 Å². The Morgan fingerprint density at radius 3 is 2.43 bits per heavy atom. The van der Waals surface area contributed by atoms with E-state index in [2.05, 4.69) is 31.2 Å². The SMILES string of the molecule is O=C(Nc1ccc(C(F)(F)F)nc1)c1ncc(Br)cc1F. The molecule has 0 saturated heterocycles. The Bertz CT molecular complexity index is 673. The van der Waals surface area contributed by atoms with Crippen LogP contribution in [0.2, 0.25) is 0 Å². The van der Waals surface area contributed by atoms with Crippen LogP contribution in [0.5, 0.6) is 0 Å². The van der Waals surface area contributed by atoms with E-state index in [1.54, 1.807) is 0 Å². The highest BCUT2D eigenvalue weighted by molar-refractivity contribution is 9.10. The van der Waals surface area contributed by atoms with E-state index in [0.717, 1.165) is 18.3 Å². The van der Waals surface area contributed by atoms with Crippen LogP contribution in [0.15, 0.2) is 35.1 Å². The minimum absolute atomic E-state index is 0.00267. The topological polar surface area (TPSA) is 54.9 Å². The Kier molecular flexibility index (Phi) is 4.21. The minimum Gasteiger partial charge on any atom is -0.319 e. The Hall–Kier alpha value is -2.03. The summed E-state index contributed by atoms with van der Waals surface area (Å²) in [5.41, 5.74) is -1.57. The van der Waals surface area contributed by atoms with Crippen LogP contribution in [-0.4, -0.2) is 15.9 Å². The summed E-state index contributed by atoms with van der Waals surface area (Å²) in [6, 6.07) is 2.78. The summed E-state index contributed by atoms with van der Waals surface area (Å²) in [6.45, 7) is 0. The summed E-state index contributed by atoms with van der Waals surface area (Å²) in [5, 5.41) is 2.21. The van der Waals surface area contributed by atoms with Crippen molar-refractivity contribution in [3.63, 3.8) is 0 Å². The second-order valence-corrected chi connectivity index (χ2v) is 4.78. The number of rotatable bonds is 2. The highest BCUT2D eigenvalue weighted by Crippen LogP contribution is 2.27. The molecule has 4 nitrogen and oxygen atoms in total. The number of nitrogens with zero attached hydrogens (tertiary/aromatic N) is 2. The summed E-state index contributed by atoms with van der Waals surface area (Å²) >= 11 is 2.99. The van der Waals surface area contributed by atoms with Gasteiger partial charge in [0.05, 0.1) is 11.9 Å². The van der Waals surface area contributed by atoms with E-state index in [0.29, 0.717) is 10.5 Å². The number of hydrogen-bond donors (Lipinski definition) is 1. The molecule has 110 valence electrons. The fourth-order valence-corrected chi connectivity index (χ4v) is 1.71. The molecule has 1 N–H and O–H groups in total. The lowest BCUT2D eigenvalue weighted by molar-refractivity contribution is -0.141. The van der Waals surface area contributed by atoms with E-state index in [9.17, 15) is 22.4 Å². The molecule has 0 atom stereocenters. The van der Waals surface area contributed by atoms with E-state index < -0.39 is 29.3 Å². The van der Waals surface area contributed by atoms with E-state index in [-0.39, 0.29) is 5.69 Å². The molecule has 0 radical (unpaired) electrons. The molecule has 21 heavy (non-hydrogen) atoms. The van der Waals surface area contributed by atoms with Gasteiger partial charge >= 0.3 is 6.18 Å². The lowest BCUT2D eigenvalue weighted by Crippen LogP contribution is -2.16. The monoisotopic (exact) mass is 363 g/mol. The van der Waals surface area contributed by atoms with Crippen LogP contribution in [0, 0.1) is 5.82 Å². The Morgan fingerprint density at radius 1 is 1.19 bits per heavy atom. The van der Waals surface area contributed by atoms with Crippen molar-refractivity contribution in [2.45, 2.75) is 6.18 Å². The van der Waals surface area contributed by atoms with Crippen LogP contribution < -0.4 is 5.32 Å². The molecule has 0 saturated carbocycles. The van der Waals surface area contributed by atoms with Crippen molar-refractivity contribution >= 4 is 27.5 Å². The van der Waals surface area contributed by atoms with E-state index >= 15 is 0 Å². The second-order valence-electron chi connectivity index (χ2n) is 3.87. The molecular weight excluding hydrogens is 358 g/mol. The maximum Gasteiger partial charge on any atom is 0.433 e. The van der Waals surface area contributed by atoms with Gasteiger partial charge in [-0.2, -0.15) is 13.2 Å². The first-order valence-corrected chi connectivity index (χ1v) is 6.22. The fourth-order valence-electron chi connectivity index (χ4n) is 1.41. The zero-order chi connectivity index (χ0) is 15.6. The maximum atomic E-state index is 13.5. The lowest BCUT2D eigenvalue weighted by atomic mass is 10.3. The van der Waals surface area contributed by atoms with Gasteiger partial charge in [-0.05, 0) is 34.1 Å². The molecular formula is C12H6BrF4N3O. The van der Waals surface area contributed by atoms with Crippen LogP contribution in [-0.2, 0) is 6.18 Å². The third-order valence-electron chi connectivity index (χ3n) is 2.33. The normalized spacial score (nSPS) is 11.3. The van der Waals surface area contributed by atoms with Gasteiger partial charge < -0.3 is 5.32 Å². The van der Waals surface area contributed by atoms with Gasteiger partial charge in [-0.25, -0.2) is 14.4 Å². The van der Waals surface area contributed by atoms with Crippen molar-refractivity contribution < 1.29 is 22.4 Å². The molecule has 0 aliphatic heterocycles. The Morgan fingerprint density at radius 2 is 1.90 bits per heavy atom. The average molecular weight is 364 g/mol. The van der Waals surface area contributed by atoms with Gasteiger partial charge in [0.25, 0.3) is 5.91 Å². The molecule has 9 heteroatoms. The summed E-state index contributed by atoms with van der Waals surface area (Å²) in [7, 11) is 0. The molecule has 0 aromatic carbocycles. The summed E-state index contributed by atoms with van der Waals surface area (Å²) in [4.78, 5) is 18.5. The van der Waals surface area contributed by atoms with E-state index in [4.69, 9.17) is 0 Å². The van der Waals surface area contributed by atoms with Gasteiger partial charge in [-0.15, -0.1) is 0 Å². The summed E-state index contributed by atoms with van der Waals surface area (Å²) in [6.07, 6.45) is -2.51. The van der Waals surface area contributed by atoms with E-state index in [1.165, 1.54) is 6.20 Å². The molecule has 1 amide bonds. The van der Waals surface area contributed by atoms with Gasteiger partial charge in [0.1, 0.15) is 5.69 Å². The molecule has 2 heterocycles. The molecule has 0 unspecified atom stereocenters. The van der Waals surface area contributed by atoms with Crippen LogP contribution >= 0.6 is 15.9 Å². The highest BCUT2D eigenvalue weighted by atomic mass is 79.9. The average Bonchev–Trinajstić information content (AvgIpc) is 2.38. The number of pyridine rings is 2. The zero-order valence-corrected chi connectivity index (χ0v) is 11.7. The first-order chi connectivity index (χ1) is 9.77. The number of anilines is 1. The molecule has 0 fully saturated rings. The van der Waals surface area contributed by atoms with E-state index in [1.807, 2.05) is 0 Å². The molecule has 0 aliphatic carbocycles. The number of amides is 1. The molecule has 2 aromatic rings. The van der Waals surface area contributed by atoms with Gasteiger partial charge in [0, 0.05) is 10.7 Å². The first-order valence-electron chi connectivity index (χ1n) is 5.43. The molecule has 0 aliphatic rings. The predicted molar refractivity (Wildman–Crippen MR) is 69.1 cm³/mol. The van der Waals surface area contributed by atoms with Crippen LogP contribution in [0.1, 0.15) is 16.2 Å². The van der Waals surface area contributed by atoms with Crippen LogP contribution in [0.4, 0.5) is 23.2 Å². The number of hydrogen-bond acceptors (Lipinski definition) is 3. The van der Waals surface area contributed by atoms with Gasteiger partial charge in [-0.3, -0.25) is 4.79 Å². The number of halogens is 5. The van der Waals surface area contributed by atoms with Gasteiger partial charge in [0.2, 0.25) is 0 Å². The molecule has 0 spiro atoms. The third-order valence-corrected chi connectivity index (χ3v) is 2.77. The van der Waals surface area contributed by atoms with Crippen LogP contribution in [0.25, 0.3) is 0 Å². The molecule has 2 rings (SSSR count). The number of carbonyl (C=O) groups excluding carboxylic acids is 1. The standard InChI is InChI=1S/C12H6BrF4N3O/c13-6-3-8(14)10(19-4-6)11(21)20-7-1-2-9(18-5-7)12(15,16)17/h1-5H,(H,20,21). The maximum absolute atomic E-state index is 13.5. The predicted octanol–water partition coefficient (Wildman–Crippen LogP) is 3.65. The minimum atomic E-state index is -4.57. The van der Waals surface area contributed by atoms with Crippen molar-refractivity contribution in [3.05, 3.63) is 52.3 Å². The zero-order valence-electron chi connectivity index (χ0n) is 10.1. The Labute approximate surface area is 124 Å². The molecule has 2 aromatic heterocycles. The van der Waals surface area contributed by atoms with Crippen molar-refractivity contribution in [1.82, 2.24) is 9.97 Å². The Balaban J connectivity index is 2.16. The van der Waals surface area contributed by atoms with Crippen molar-refractivity contribution in [2.24, 2.45) is 0 Å². The first kappa shape index (κ1) is 15.4. The van der Waals surface area contributed by atoms with Crippen molar-refractivity contribution in [3.8, 4) is 0 Å². The van der Waals surface area contributed by atoms with Crippen molar-refractivity contribution in [2.75, 3.05) is 5.32 Å². The van der Waals surface area contributed by atoms with Gasteiger partial charge in [0.15, 0.2) is 11.5 Å². The number of carbonyl (C=O) groups is 1. The third kappa shape index (κ3) is 3.75. The van der Waals surface area contributed by atoms with Gasteiger partial charge in [-0.1, -0.05) is 0 Å². The lowest BCUT2D eigenvalue weighted by Gasteiger charge is -2.08. The highest BCUT2D eigenvalue weighted by Gasteiger charge is 2.32. The smallest absolute Gasteiger partial charge is 0.319 e. The quantitative estimate of drug-likeness (QED) is 0.828. The summed E-state index contributed by atoms with van der Waals surface area (Å²) in [5.74, 6) is -1.75. The largest absolute Gasteiger partial charge is 0.433 e. The number of nitrogens with one attached hydrogen (secondary N) is 1. The number of aromatic nitrogens is 2. The fraction of sp³-hybridized carbons (Fsp3) is 0.0833. The molecule has 0 bridgehead atoms. The number of alkyl halides is 3. The second kappa shape index (κ2) is 5.76. The summed E-state index contributed by atoms with van der Waals surface area (Å²) < 4.78 is 50.8. The van der Waals surface area contributed by atoms with Crippen LogP contribution in [0.3, 0.4) is 0 Å².